The molecule has 1 aliphatic heterocycles. The summed E-state index contributed by atoms with van der Waals surface area (Å²) >= 11 is 0. The Morgan fingerprint density at radius 2 is 2.12 bits per heavy atom. The molecule has 0 spiro atoms. The van der Waals surface area contributed by atoms with Crippen molar-refractivity contribution in [1.82, 2.24) is 9.55 Å². The Labute approximate surface area is 140 Å². The lowest BCUT2D eigenvalue weighted by Crippen LogP contribution is -2.39. The summed E-state index contributed by atoms with van der Waals surface area (Å²) in [4.78, 5) is 35.6. The Morgan fingerprint density at radius 3 is 2.71 bits per heavy atom. The van der Waals surface area contributed by atoms with Crippen LogP contribution in [0.5, 0.6) is 0 Å². The number of aromatic amines is 1. The number of aliphatic hydroxyl groups is 2. The first kappa shape index (κ1) is 20.3. The number of rotatable bonds is 4. The Bertz CT molecular complexity index is 707. The third-order valence-corrected chi connectivity index (χ3v) is 3.30. The van der Waals surface area contributed by atoms with Crippen molar-refractivity contribution in [2.45, 2.75) is 37.5 Å². The lowest BCUT2D eigenvalue weighted by molar-refractivity contribution is -0.151. The van der Waals surface area contributed by atoms with E-state index in [-0.39, 0.29) is 12.4 Å². The van der Waals surface area contributed by atoms with Crippen LogP contribution in [0.4, 0.5) is 4.39 Å². The fourth-order valence-electron chi connectivity index (χ4n) is 2.04. The minimum absolute atomic E-state index is 0. The van der Waals surface area contributed by atoms with Gasteiger partial charge in [0.2, 0.25) is 5.82 Å². The number of ether oxygens (including phenoxy) is 2. The molecule has 2 unspecified atom stereocenters. The van der Waals surface area contributed by atoms with Crippen LogP contribution in [0.25, 0.3) is 0 Å². The highest BCUT2D eigenvalue weighted by Crippen LogP contribution is 2.28. The molecule has 5 N–H and O–H groups in total. The van der Waals surface area contributed by atoms with Gasteiger partial charge in [0.15, 0.2) is 6.23 Å². The van der Waals surface area contributed by atoms with Crippen molar-refractivity contribution < 1.29 is 28.9 Å². The topological polar surface area (TPSA) is 157 Å². The molecule has 0 amide bonds. The molecule has 0 bridgehead atoms. The fraction of sp³-hybridized carbons (Fsp3) is 0.583. The average molecular weight is 370 g/mol. The van der Waals surface area contributed by atoms with Crippen LogP contribution in [0, 0.1) is 5.82 Å². The summed E-state index contributed by atoms with van der Waals surface area (Å²) in [5, 5.41) is 19.8. The van der Waals surface area contributed by atoms with Gasteiger partial charge in [0, 0.05) is 0 Å². The predicted octanol–water partition coefficient (Wildman–Crippen LogP) is -2.39. The smallest absolute Gasteiger partial charge is 0.330 e. The molecule has 0 aromatic carbocycles. The molecule has 12 heteroatoms. The Balaban J connectivity index is 0.00000288. The number of nitrogens with two attached hydrogens (primary N) is 1. The van der Waals surface area contributed by atoms with E-state index < -0.39 is 60.2 Å². The van der Waals surface area contributed by atoms with Gasteiger partial charge in [0.1, 0.15) is 31.0 Å². The van der Waals surface area contributed by atoms with Crippen LogP contribution in [0.2, 0.25) is 0 Å². The van der Waals surface area contributed by atoms with E-state index >= 15 is 0 Å². The molecule has 1 saturated heterocycles. The third-order valence-electron chi connectivity index (χ3n) is 3.30. The molecule has 0 saturated carbocycles. The second-order valence-corrected chi connectivity index (χ2v) is 5.11. The summed E-state index contributed by atoms with van der Waals surface area (Å²) in [5.41, 5.74) is 3.06. The van der Waals surface area contributed by atoms with Crippen molar-refractivity contribution >= 4 is 18.4 Å². The van der Waals surface area contributed by atoms with Gasteiger partial charge in [0.25, 0.3) is 5.56 Å². The quantitative estimate of drug-likeness (QED) is 0.428. The van der Waals surface area contributed by atoms with Gasteiger partial charge in [-0.15, -0.1) is 12.4 Å². The lowest BCUT2D eigenvalue weighted by Gasteiger charge is -2.17. The maximum atomic E-state index is 13.3. The molecule has 1 aromatic rings. The summed E-state index contributed by atoms with van der Waals surface area (Å²) < 4.78 is 23.9. The van der Waals surface area contributed by atoms with Crippen LogP contribution >= 0.6 is 12.4 Å². The van der Waals surface area contributed by atoms with Crippen molar-refractivity contribution in [2.75, 3.05) is 6.61 Å². The van der Waals surface area contributed by atoms with E-state index in [1.54, 1.807) is 4.98 Å². The molecule has 1 aliphatic rings. The molecule has 10 nitrogen and oxygen atoms in total. The highest BCUT2D eigenvalue weighted by Gasteiger charge is 2.44. The van der Waals surface area contributed by atoms with E-state index in [1.165, 1.54) is 6.92 Å². The highest BCUT2D eigenvalue weighted by atomic mass is 35.5. The van der Waals surface area contributed by atoms with E-state index in [2.05, 4.69) is 0 Å². The number of carbonyl (C=O) groups excluding carboxylic acids is 1. The van der Waals surface area contributed by atoms with Crippen LogP contribution in [0.15, 0.2) is 15.8 Å². The van der Waals surface area contributed by atoms with Crippen molar-refractivity contribution in [2.24, 2.45) is 5.73 Å². The first-order valence-corrected chi connectivity index (χ1v) is 6.67. The standard InChI is InChI=1S/C12H16FN3O7.ClH/c1-4(14)11(20)22-3-6-7(17)8(18)10(23-6)16-2-5(13)9(19)15-12(16)21;/h2,4,6-8,10,17-18H,3,14H2,1H3,(H,15,19,21);1H/t4-,6-,7?,8?,10-;/m0./s1. The van der Waals surface area contributed by atoms with Crippen molar-refractivity contribution in [3.05, 3.63) is 32.9 Å². The second-order valence-electron chi connectivity index (χ2n) is 5.11. The van der Waals surface area contributed by atoms with Gasteiger partial charge in [0.05, 0.1) is 6.20 Å². The van der Waals surface area contributed by atoms with Gasteiger partial charge in [-0.1, -0.05) is 0 Å². The van der Waals surface area contributed by atoms with Crippen LogP contribution < -0.4 is 17.0 Å². The van der Waals surface area contributed by atoms with Gasteiger partial charge >= 0.3 is 11.7 Å². The zero-order chi connectivity index (χ0) is 17.3. The fourth-order valence-corrected chi connectivity index (χ4v) is 2.04. The number of aromatic nitrogens is 2. The van der Waals surface area contributed by atoms with Crippen molar-refractivity contribution in [3.8, 4) is 0 Å². The monoisotopic (exact) mass is 369 g/mol. The molecule has 2 rings (SSSR count). The minimum Gasteiger partial charge on any atom is -0.462 e. The Hall–Kier alpha value is -1.79. The summed E-state index contributed by atoms with van der Waals surface area (Å²) in [7, 11) is 0. The van der Waals surface area contributed by atoms with E-state index in [0.29, 0.717) is 10.8 Å². The lowest BCUT2D eigenvalue weighted by atomic mass is 10.1. The molecular weight excluding hydrogens is 353 g/mol. The highest BCUT2D eigenvalue weighted by molar-refractivity contribution is 5.85. The molecule has 2 heterocycles. The number of esters is 1. The van der Waals surface area contributed by atoms with E-state index in [9.17, 15) is 29.0 Å². The van der Waals surface area contributed by atoms with Gasteiger partial charge in [-0.2, -0.15) is 4.39 Å². The largest absolute Gasteiger partial charge is 0.462 e. The summed E-state index contributed by atoms with van der Waals surface area (Å²) in [6, 6.07) is -0.884. The SMILES string of the molecule is C[C@H](N)C(=O)OC[C@@H]1O[C@H](n2cc(F)c(=O)[nH]c2=O)C(O)C1O.Cl. The molecule has 1 fully saturated rings. The van der Waals surface area contributed by atoms with Crippen molar-refractivity contribution in [1.29, 1.82) is 0 Å². The first-order chi connectivity index (χ1) is 10.7. The van der Waals surface area contributed by atoms with Gasteiger partial charge in [-0.05, 0) is 6.92 Å². The minimum atomic E-state index is -1.60. The number of aliphatic hydroxyl groups excluding tert-OH is 2. The molecule has 1 aromatic heterocycles. The molecule has 0 aliphatic carbocycles. The molecule has 136 valence electrons. The van der Waals surface area contributed by atoms with Crippen LogP contribution in [0.3, 0.4) is 0 Å². The average Bonchev–Trinajstić information content (AvgIpc) is 2.76. The Kier molecular flexibility index (Phi) is 6.63. The number of hydrogen-bond acceptors (Lipinski definition) is 8. The number of hydrogen-bond donors (Lipinski definition) is 4. The normalized spacial score (nSPS) is 27.4. The molecule has 0 radical (unpaired) electrons. The zero-order valence-corrected chi connectivity index (χ0v) is 13.2. The zero-order valence-electron chi connectivity index (χ0n) is 12.4. The van der Waals surface area contributed by atoms with Crippen LogP contribution in [-0.4, -0.2) is 56.7 Å². The summed E-state index contributed by atoms with van der Waals surface area (Å²) in [6.45, 7) is 0.976. The van der Waals surface area contributed by atoms with Crippen LogP contribution in [0.1, 0.15) is 13.2 Å². The number of carbonyl (C=O) groups is 1. The molecular formula is C12H17ClFN3O7. The number of H-pyrrole nitrogens is 1. The molecule has 24 heavy (non-hydrogen) atoms. The number of halogens is 2. The van der Waals surface area contributed by atoms with E-state index in [0.717, 1.165) is 0 Å². The molecule has 5 atom stereocenters. The summed E-state index contributed by atoms with van der Waals surface area (Å²) in [5.74, 6) is -2.01. The first-order valence-electron chi connectivity index (χ1n) is 6.67. The van der Waals surface area contributed by atoms with Gasteiger partial charge in [-0.3, -0.25) is 19.1 Å². The Morgan fingerprint density at radius 1 is 1.50 bits per heavy atom. The van der Waals surface area contributed by atoms with Gasteiger partial charge < -0.3 is 25.4 Å². The van der Waals surface area contributed by atoms with E-state index in [1.807, 2.05) is 0 Å². The van der Waals surface area contributed by atoms with Crippen LogP contribution in [-0.2, 0) is 14.3 Å². The van der Waals surface area contributed by atoms with Crippen molar-refractivity contribution in [3.63, 3.8) is 0 Å². The maximum absolute atomic E-state index is 13.3. The maximum Gasteiger partial charge on any atom is 0.330 e. The third kappa shape index (κ3) is 3.99. The number of nitrogens with zero attached hydrogens (tertiary/aromatic N) is 1. The number of nitrogens with one attached hydrogen (secondary N) is 1. The van der Waals surface area contributed by atoms with Gasteiger partial charge in [-0.25, -0.2) is 4.79 Å². The van der Waals surface area contributed by atoms with E-state index in [4.69, 9.17) is 15.2 Å². The predicted molar refractivity (Wildman–Crippen MR) is 79.1 cm³/mol. The second kappa shape index (κ2) is 7.85. The summed E-state index contributed by atoms with van der Waals surface area (Å²) in [6.07, 6.45) is -5.15.